The van der Waals surface area contributed by atoms with Crippen LogP contribution >= 0.6 is 0 Å². The van der Waals surface area contributed by atoms with E-state index < -0.39 is 0 Å². The zero-order valence-corrected chi connectivity index (χ0v) is 7.85. The monoisotopic (exact) mass is 153 g/mol. The minimum Gasteiger partial charge on any atom is -0.325 e. The molecule has 11 heavy (non-hydrogen) atoms. The molecule has 0 heterocycles. The van der Waals surface area contributed by atoms with E-state index in [9.17, 15) is 0 Å². The summed E-state index contributed by atoms with van der Waals surface area (Å²) in [5.41, 5.74) is 6.90. The molecule has 64 valence electrons. The van der Waals surface area contributed by atoms with Crippen molar-refractivity contribution in [3.05, 3.63) is 0 Å². The number of fused-ring (bicyclic) bond motifs is 2. The molecule has 0 spiro atoms. The summed E-state index contributed by atoms with van der Waals surface area (Å²) in [7, 11) is 0. The second-order valence-electron chi connectivity index (χ2n) is 5.20. The molecule has 3 aliphatic rings. The first-order valence-electron chi connectivity index (χ1n) is 4.76. The van der Waals surface area contributed by atoms with Gasteiger partial charge in [0.15, 0.2) is 0 Å². The van der Waals surface area contributed by atoms with E-state index in [1.807, 2.05) is 0 Å². The van der Waals surface area contributed by atoms with E-state index in [0.717, 1.165) is 11.8 Å². The lowest BCUT2D eigenvalue weighted by Gasteiger charge is -2.66. The van der Waals surface area contributed by atoms with Gasteiger partial charge in [-0.25, -0.2) is 0 Å². The molecule has 3 saturated carbocycles. The fourth-order valence-corrected chi connectivity index (χ4v) is 3.17. The minimum absolute atomic E-state index is 0.199. The summed E-state index contributed by atoms with van der Waals surface area (Å²) in [6.07, 6.45) is 3.88. The van der Waals surface area contributed by atoms with Gasteiger partial charge < -0.3 is 5.73 Å². The van der Waals surface area contributed by atoms with Gasteiger partial charge in [-0.05, 0) is 36.5 Å². The Kier molecular flexibility index (Phi) is 1.26. The van der Waals surface area contributed by atoms with Gasteiger partial charge in [-0.2, -0.15) is 0 Å². The Labute approximate surface area is 69.4 Å². The molecule has 3 aliphatic carbocycles. The number of nitrogens with two attached hydrogens (primary N) is 1. The van der Waals surface area contributed by atoms with Gasteiger partial charge in [0.1, 0.15) is 0 Å². The molecule has 0 aromatic heterocycles. The molecule has 3 fully saturated rings. The number of rotatable bonds is 0. The van der Waals surface area contributed by atoms with Crippen LogP contribution in [0.2, 0.25) is 0 Å². The standard InChI is InChI=1S/C10H19N/c1-7-4-5-10(11)6-8(7)9(10,2)3/h7-8H,4-6,11H2,1-3H3/t7-,8-,10?/m1/s1. The average Bonchev–Trinajstić information content (AvgIpc) is 1.94. The van der Waals surface area contributed by atoms with E-state index in [1.54, 1.807) is 0 Å². The van der Waals surface area contributed by atoms with Crippen LogP contribution in [0.4, 0.5) is 0 Å². The Bertz CT molecular complexity index is 181. The Morgan fingerprint density at radius 1 is 1.36 bits per heavy atom. The van der Waals surface area contributed by atoms with Gasteiger partial charge in [0.05, 0.1) is 0 Å². The maximum atomic E-state index is 6.28. The van der Waals surface area contributed by atoms with Gasteiger partial charge in [-0.15, -0.1) is 0 Å². The predicted octanol–water partition coefficient (Wildman–Crippen LogP) is 2.16. The topological polar surface area (TPSA) is 26.0 Å². The molecule has 0 aromatic carbocycles. The second-order valence-corrected chi connectivity index (χ2v) is 5.20. The minimum atomic E-state index is 0.199. The van der Waals surface area contributed by atoms with E-state index in [4.69, 9.17) is 5.73 Å². The third-order valence-electron chi connectivity index (χ3n) is 4.53. The van der Waals surface area contributed by atoms with Crippen LogP contribution in [0.25, 0.3) is 0 Å². The molecule has 0 saturated heterocycles. The van der Waals surface area contributed by atoms with Crippen molar-refractivity contribution in [1.82, 2.24) is 0 Å². The molecule has 2 bridgehead atoms. The lowest BCUT2D eigenvalue weighted by atomic mass is 9.42. The van der Waals surface area contributed by atoms with Crippen molar-refractivity contribution in [2.24, 2.45) is 23.0 Å². The normalized spacial score (nSPS) is 53.5. The molecule has 1 nitrogen and oxygen atoms in total. The van der Waals surface area contributed by atoms with Crippen LogP contribution in [0.3, 0.4) is 0 Å². The molecule has 3 atom stereocenters. The molecule has 0 amide bonds. The second kappa shape index (κ2) is 1.82. The highest BCUT2D eigenvalue weighted by Gasteiger charge is 2.61. The quantitative estimate of drug-likeness (QED) is 0.567. The molecule has 2 N–H and O–H groups in total. The van der Waals surface area contributed by atoms with Gasteiger partial charge in [0, 0.05) is 5.54 Å². The summed E-state index contributed by atoms with van der Waals surface area (Å²) >= 11 is 0. The molecular weight excluding hydrogens is 134 g/mol. The van der Waals surface area contributed by atoms with Gasteiger partial charge >= 0.3 is 0 Å². The van der Waals surface area contributed by atoms with E-state index in [2.05, 4.69) is 20.8 Å². The number of hydrogen-bond acceptors (Lipinski definition) is 1. The zero-order valence-electron chi connectivity index (χ0n) is 7.85. The summed E-state index contributed by atoms with van der Waals surface area (Å²) in [6, 6.07) is 0. The van der Waals surface area contributed by atoms with Crippen molar-refractivity contribution >= 4 is 0 Å². The van der Waals surface area contributed by atoms with Crippen molar-refractivity contribution < 1.29 is 0 Å². The van der Waals surface area contributed by atoms with E-state index in [-0.39, 0.29) is 5.54 Å². The first-order chi connectivity index (χ1) is 4.97. The molecule has 1 unspecified atom stereocenters. The van der Waals surface area contributed by atoms with Crippen molar-refractivity contribution in [1.29, 1.82) is 0 Å². The predicted molar refractivity (Wildman–Crippen MR) is 47.2 cm³/mol. The van der Waals surface area contributed by atoms with Gasteiger partial charge in [-0.3, -0.25) is 0 Å². The third-order valence-corrected chi connectivity index (χ3v) is 4.53. The largest absolute Gasteiger partial charge is 0.325 e. The fourth-order valence-electron chi connectivity index (χ4n) is 3.17. The first-order valence-corrected chi connectivity index (χ1v) is 4.76. The smallest absolute Gasteiger partial charge is 0.0211 e. The van der Waals surface area contributed by atoms with Crippen LogP contribution in [0.5, 0.6) is 0 Å². The van der Waals surface area contributed by atoms with Crippen LogP contribution in [-0.4, -0.2) is 5.54 Å². The first kappa shape index (κ1) is 7.60. The van der Waals surface area contributed by atoms with Crippen LogP contribution in [0.15, 0.2) is 0 Å². The van der Waals surface area contributed by atoms with Crippen LogP contribution in [0, 0.1) is 17.3 Å². The van der Waals surface area contributed by atoms with E-state index in [1.165, 1.54) is 19.3 Å². The summed E-state index contributed by atoms with van der Waals surface area (Å²) in [4.78, 5) is 0. The molecular formula is C10H19N. The van der Waals surface area contributed by atoms with E-state index in [0.29, 0.717) is 5.41 Å². The molecule has 0 aliphatic heterocycles. The highest BCUT2D eigenvalue weighted by atomic mass is 14.9. The maximum absolute atomic E-state index is 6.28. The maximum Gasteiger partial charge on any atom is 0.0211 e. The molecule has 0 radical (unpaired) electrons. The fraction of sp³-hybridized carbons (Fsp3) is 1.00. The lowest BCUT2D eigenvalue weighted by Crippen LogP contribution is -2.70. The van der Waals surface area contributed by atoms with Crippen molar-refractivity contribution in [2.75, 3.05) is 0 Å². The van der Waals surface area contributed by atoms with Crippen molar-refractivity contribution in [3.8, 4) is 0 Å². The van der Waals surface area contributed by atoms with Gasteiger partial charge in [0.25, 0.3) is 0 Å². The Morgan fingerprint density at radius 3 is 2.36 bits per heavy atom. The molecule has 3 rings (SSSR count). The Balaban J connectivity index is 2.25. The number of hydrogen-bond donors (Lipinski definition) is 1. The summed E-state index contributed by atoms with van der Waals surface area (Å²) in [5, 5.41) is 0. The Hall–Kier alpha value is -0.0400. The van der Waals surface area contributed by atoms with Gasteiger partial charge in [0.2, 0.25) is 0 Å². The lowest BCUT2D eigenvalue weighted by molar-refractivity contribution is -0.121. The van der Waals surface area contributed by atoms with Crippen LogP contribution < -0.4 is 5.73 Å². The van der Waals surface area contributed by atoms with Gasteiger partial charge in [-0.1, -0.05) is 20.8 Å². The molecule has 1 heteroatoms. The van der Waals surface area contributed by atoms with Crippen LogP contribution in [-0.2, 0) is 0 Å². The van der Waals surface area contributed by atoms with Crippen LogP contribution in [0.1, 0.15) is 40.0 Å². The summed E-state index contributed by atoms with van der Waals surface area (Å²) < 4.78 is 0. The van der Waals surface area contributed by atoms with E-state index >= 15 is 0 Å². The Morgan fingerprint density at radius 2 is 2.00 bits per heavy atom. The third kappa shape index (κ3) is 0.703. The average molecular weight is 153 g/mol. The highest BCUT2D eigenvalue weighted by Crippen LogP contribution is 2.62. The zero-order chi connectivity index (χ0) is 8.28. The highest BCUT2D eigenvalue weighted by molar-refractivity contribution is 5.16. The SMILES string of the molecule is C[C@@H]1CCC2(N)C[C@H]1C2(C)C. The van der Waals surface area contributed by atoms with Crippen molar-refractivity contribution in [3.63, 3.8) is 0 Å². The molecule has 0 aromatic rings. The summed E-state index contributed by atoms with van der Waals surface area (Å²) in [5.74, 6) is 1.82. The summed E-state index contributed by atoms with van der Waals surface area (Å²) in [6.45, 7) is 7.07. The van der Waals surface area contributed by atoms with Crippen molar-refractivity contribution in [2.45, 2.75) is 45.6 Å².